The minimum Gasteiger partial charge on any atom is -0.338 e. The lowest BCUT2D eigenvalue weighted by molar-refractivity contribution is -0.194. The third-order valence-corrected chi connectivity index (χ3v) is 2.65. The molecule has 0 aliphatic carbocycles. The summed E-state index contributed by atoms with van der Waals surface area (Å²) in [5.74, 6) is -0.807. The van der Waals surface area contributed by atoms with Crippen LogP contribution in [-0.2, 0) is 19.2 Å². The molecule has 5 heteroatoms. The van der Waals surface area contributed by atoms with Crippen LogP contribution in [0.2, 0.25) is 0 Å². The van der Waals surface area contributed by atoms with Crippen LogP contribution < -0.4 is 0 Å². The maximum Gasteiger partial charge on any atom is 0.333 e. The molecular weight excluding hydrogens is 222 g/mol. The van der Waals surface area contributed by atoms with Crippen molar-refractivity contribution in [3.05, 3.63) is 0 Å². The Bertz CT molecular complexity index is 286. The summed E-state index contributed by atoms with van der Waals surface area (Å²) >= 11 is 0. The van der Waals surface area contributed by atoms with Crippen LogP contribution in [0.4, 0.5) is 0 Å². The molecule has 5 nitrogen and oxygen atoms in total. The number of hydrogen-bond acceptors (Lipinski definition) is 4. The van der Waals surface area contributed by atoms with Crippen LogP contribution in [-0.4, -0.2) is 30.3 Å². The summed E-state index contributed by atoms with van der Waals surface area (Å²) in [6.45, 7) is 5.91. The first-order valence-electron chi connectivity index (χ1n) is 5.73. The molecule has 0 aromatic rings. The minimum atomic E-state index is -0.432. The second kappa shape index (κ2) is 7.04. The zero-order valence-corrected chi connectivity index (χ0v) is 11.0. The number of hydroxylamine groups is 2. The normalized spacial score (nSPS) is 10.8. The van der Waals surface area contributed by atoms with Crippen molar-refractivity contribution in [2.75, 3.05) is 7.05 Å². The van der Waals surface area contributed by atoms with Gasteiger partial charge in [0.1, 0.15) is 6.29 Å². The van der Waals surface area contributed by atoms with Gasteiger partial charge in [0, 0.05) is 19.9 Å². The summed E-state index contributed by atoms with van der Waals surface area (Å²) in [4.78, 5) is 37.9. The maximum atomic E-state index is 11.5. The molecule has 98 valence electrons. The maximum absolute atomic E-state index is 11.5. The molecule has 17 heavy (non-hydrogen) atoms. The van der Waals surface area contributed by atoms with E-state index in [1.165, 1.54) is 7.05 Å². The smallest absolute Gasteiger partial charge is 0.333 e. The Morgan fingerprint density at radius 2 is 1.94 bits per heavy atom. The lowest BCUT2D eigenvalue weighted by Crippen LogP contribution is -2.31. The Morgan fingerprint density at radius 3 is 2.41 bits per heavy atom. The van der Waals surface area contributed by atoms with E-state index in [-0.39, 0.29) is 30.6 Å². The van der Waals surface area contributed by atoms with E-state index in [1.807, 2.05) is 20.8 Å². The monoisotopic (exact) mass is 243 g/mol. The topological polar surface area (TPSA) is 63.7 Å². The highest BCUT2D eigenvalue weighted by molar-refractivity contribution is 5.79. The van der Waals surface area contributed by atoms with Gasteiger partial charge in [-0.05, 0) is 5.41 Å². The summed E-state index contributed by atoms with van der Waals surface area (Å²) in [6.07, 6.45) is 1.97. The van der Waals surface area contributed by atoms with Crippen LogP contribution in [0.1, 0.15) is 46.5 Å². The molecule has 0 aliphatic heterocycles. The van der Waals surface area contributed by atoms with Crippen LogP contribution in [0.3, 0.4) is 0 Å². The molecule has 1 amide bonds. The van der Waals surface area contributed by atoms with Gasteiger partial charge in [0.25, 0.3) is 5.91 Å². The molecule has 0 fully saturated rings. The highest BCUT2D eigenvalue weighted by Crippen LogP contribution is 2.24. The number of amides is 1. The zero-order chi connectivity index (χ0) is 13.5. The van der Waals surface area contributed by atoms with Crippen molar-refractivity contribution in [2.45, 2.75) is 46.5 Å². The standard InChI is InChI=1S/C12H21NO4/c1-5-12(2,3)9-11(16)17-13(4)10(15)7-6-8-14/h8H,5-7,9H2,1-4H3. The van der Waals surface area contributed by atoms with Gasteiger partial charge < -0.3 is 9.63 Å². The van der Waals surface area contributed by atoms with Crippen molar-refractivity contribution in [3.8, 4) is 0 Å². The van der Waals surface area contributed by atoms with Crippen LogP contribution in [0.5, 0.6) is 0 Å². The third-order valence-electron chi connectivity index (χ3n) is 2.65. The van der Waals surface area contributed by atoms with Gasteiger partial charge in [-0.25, -0.2) is 4.79 Å². The summed E-state index contributed by atoms with van der Waals surface area (Å²) in [5.41, 5.74) is -0.135. The molecule has 0 spiro atoms. The van der Waals surface area contributed by atoms with Gasteiger partial charge in [-0.1, -0.05) is 27.2 Å². The van der Waals surface area contributed by atoms with E-state index < -0.39 is 5.97 Å². The number of nitrogens with zero attached hydrogens (tertiary/aromatic N) is 1. The fourth-order valence-corrected chi connectivity index (χ4v) is 1.09. The Labute approximate surface area is 102 Å². The molecule has 0 aliphatic rings. The summed E-state index contributed by atoms with van der Waals surface area (Å²) < 4.78 is 0. The van der Waals surface area contributed by atoms with E-state index in [1.54, 1.807) is 0 Å². The fraction of sp³-hybridized carbons (Fsp3) is 0.750. The van der Waals surface area contributed by atoms with E-state index in [9.17, 15) is 14.4 Å². The van der Waals surface area contributed by atoms with Gasteiger partial charge in [-0.15, -0.1) is 0 Å². The first kappa shape index (κ1) is 15.6. The molecule has 0 saturated heterocycles. The Balaban J connectivity index is 4.11. The fourth-order valence-electron chi connectivity index (χ4n) is 1.09. The SMILES string of the molecule is CCC(C)(C)CC(=O)ON(C)C(=O)CCC=O. The van der Waals surface area contributed by atoms with E-state index in [4.69, 9.17) is 4.84 Å². The van der Waals surface area contributed by atoms with Crippen LogP contribution >= 0.6 is 0 Å². The average Bonchev–Trinajstić information content (AvgIpc) is 2.24. The van der Waals surface area contributed by atoms with Gasteiger partial charge in [-0.3, -0.25) is 4.79 Å². The average molecular weight is 243 g/mol. The molecule has 0 unspecified atom stereocenters. The van der Waals surface area contributed by atoms with Gasteiger partial charge in [-0.2, -0.15) is 5.06 Å². The van der Waals surface area contributed by atoms with Crippen molar-refractivity contribution >= 4 is 18.2 Å². The Hall–Kier alpha value is -1.39. The summed E-state index contributed by atoms with van der Waals surface area (Å²) in [5, 5.41) is 0.900. The van der Waals surface area contributed by atoms with Crippen LogP contribution in [0.15, 0.2) is 0 Å². The quantitative estimate of drug-likeness (QED) is 0.526. The molecule has 0 aromatic carbocycles. The number of rotatable bonds is 6. The first-order chi connectivity index (χ1) is 7.82. The van der Waals surface area contributed by atoms with E-state index in [0.29, 0.717) is 6.29 Å². The third kappa shape index (κ3) is 6.71. The second-order valence-electron chi connectivity index (χ2n) is 4.75. The highest BCUT2D eigenvalue weighted by Gasteiger charge is 2.23. The minimum absolute atomic E-state index is 0.0600. The molecule has 0 atom stereocenters. The number of carbonyl (C=O) groups excluding carboxylic acids is 3. The highest BCUT2D eigenvalue weighted by atomic mass is 16.7. The second-order valence-corrected chi connectivity index (χ2v) is 4.75. The Kier molecular flexibility index (Phi) is 6.46. The molecule has 0 saturated carbocycles. The number of carbonyl (C=O) groups is 3. The van der Waals surface area contributed by atoms with E-state index in [0.717, 1.165) is 11.5 Å². The predicted molar refractivity (Wildman–Crippen MR) is 62.8 cm³/mol. The van der Waals surface area contributed by atoms with Crippen molar-refractivity contribution in [1.29, 1.82) is 0 Å². The van der Waals surface area contributed by atoms with Crippen LogP contribution in [0, 0.1) is 5.41 Å². The van der Waals surface area contributed by atoms with Crippen molar-refractivity contribution in [3.63, 3.8) is 0 Å². The van der Waals surface area contributed by atoms with Crippen molar-refractivity contribution in [2.24, 2.45) is 5.41 Å². The van der Waals surface area contributed by atoms with E-state index in [2.05, 4.69) is 0 Å². The predicted octanol–water partition coefficient (Wildman–Crippen LogP) is 1.71. The van der Waals surface area contributed by atoms with Gasteiger partial charge in [0.05, 0.1) is 6.42 Å². The number of hydrogen-bond donors (Lipinski definition) is 0. The lowest BCUT2D eigenvalue weighted by Gasteiger charge is -2.23. The lowest BCUT2D eigenvalue weighted by atomic mass is 9.87. The molecule has 0 radical (unpaired) electrons. The van der Waals surface area contributed by atoms with Crippen molar-refractivity contribution < 1.29 is 19.2 Å². The van der Waals surface area contributed by atoms with Gasteiger partial charge >= 0.3 is 5.97 Å². The molecule has 0 heterocycles. The van der Waals surface area contributed by atoms with Gasteiger partial charge in [0.15, 0.2) is 0 Å². The van der Waals surface area contributed by atoms with E-state index >= 15 is 0 Å². The largest absolute Gasteiger partial charge is 0.338 e. The summed E-state index contributed by atoms with van der Waals surface area (Å²) in [6, 6.07) is 0. The molecule has 0 N–H and O–H groups in total. The Morgan fingerprint density at radius 1 is 1.35 bits per heavy atom. The number of aldehydes is 1. The summed E-state index contributed by atoms with van der Waals surface area (Å²) in [7, 11) is 1.38. The molecule has 0 bridgehead atoms. The molecule has 0 aromatic heterocycles. The zero-order valence-electron chi connectivity index (χ0n) is 11.0. The molecule has 0 rings (SSSR count). The molecular formula is C12H21NO4. The van der Waals surface area contributed by atoms with Crippen LogP contribution in [0.25, 0.3) is 0 Å². The van der Waals surface area contributed by atoms with Crippen molar-refractivity contribution in [1.82, 2.24) is 5.06 Å². The first-order valence-corrected chi connectivity index (χ1v) is 5.73. The van der Waals surface area contributed by atoms with Gasteiger partial charge in [0.2, 0.25) is 0 Å².